The Labute approximate surface area is 123 Å². The zero-order chi connectivity index (χ0) is 14.4. The maximum absolute atomic E-state index is 6.03. The molecule has 1 N–H and O–H groups in total. The van der Waals surface area contributed by atoms with E-state index in [0.29, 0.717) is 6.04 Å². The summed E-state index contributed by atoms with van der Waals surface area (Å²) < 4.78 is 6.03. The Hall–Kier alpha value is -2.14. The second-order valence-electron chi connectivity index (χ2n) is 5.70. The van der Waals surface area contributed by atoms with Crippen molar-refractivity contribution in [3.05, 3.63) is 30.1 Å². The third kappa shape index (κ3) is 1.96. The van der Waals surface area contributed by atoms with Gasteiger partial charge < -0.3 is 14.6 Å². The first-order valence-electron chi connectivity index (χ1n) is 7.32. The van der Waals surface area contributed by atoms with Gasteiger partial charge in [-0.15, -0.1) is 0 Å². The minimum atomic E-state index is 0.515. The van der Waals surface area contributed by atoms with Gasteiger partial charge >= 0.3 is 0 Å². The predicted molar refractivity (Wildman–Crippen MR) is 83.7 cm³/mol. The number of hydrogen-bond donors (Lipinski definition) is 1. The Morgan fingerprint density at radius 2 is 2.24 bits per heavy atom. The number of nitrogens with zero attached hydrogens (tertiary/aromatic N) is 3. The number of aryl methyl sites for hydroxylation is 1. The minimum Gasteiger partial charge on any atom is -0.450 e. The molecule has 2 aromatic heterocycles. The number of nitrogens with one attached hydrogen (secondary N) is 1. The van der Waals surface area contributed by atoms with Crippen LogP contribution in [0.25, 0.3) is 22.1 Å². The van der Waals surface area contributed by atoms with E-state index >= 15 is 0 Å². The van der Waals surface area contributed by atoms with E-state index in [1.807, 2.05) is 13.1 Å². The number of hydrogen-bond acceptors (Lipinski definition) is 5. The van der Waals surface area contributed by atoms with Crippen LogP contribution in [0.5, 0.6) is 0 Å². The quantitative estimate of drug-likeness (QED) is 0.782. The summed E-state index contributed by atoms with van der Waals surface area (Å²) in [6.45, 7) is 4.03. The Kier molecular flexibility index (Phi) is 2.82. The molecular weight excluding hydrogens is 264 g/mol. The van der Waals surface area contributed by atoms with Gasteiger partial charge in [0.1, 0.15) is 17.4 Å². The van der Waals surface area contributed by atoms with E-state index in [0.717, 1.165) is 47.4 Å². The smallest absolute Gasteiger partial charge is 0.196 e. The molecule has 3 heterocycles. The Bertz CT molecular complexity index is 810. The van der Waals surface area contributed by atoms with Crippen LogP contribution >= 0.6 is 0 Å². The van der Waals surface area contributed by atoms with Gasteiger partial charge in [-0.05, 0) is 32.5 Å². The second kappa shape index (κ2) is 4.70. The molecule has 0 unspecified atom stereocenters. The standard InChI is InChI=1S/C16H18N4O/c1-10-3-4-13-12(7-10)14-15(21-13)16(19-9-18-14)20-6-5-11(8-20)17-2/h3-4,7,9,11,17H,5-6,8H2,1-2H3/t11-/m0/s1. The lowest BCUT2D eigenvalue weighted by Gasteiger charge is -2.16. The highest BCUT2D eigenvalue weighted by Crippen LogP contribution is 2.33. The molecular formula is C16H18N4O. The average Bonchev–Trinajstić information content (AvgIpc) is 3.11. The molecule has 0 amide bonds. The van der Waals surface area contributed by atoms with E-state index in [9.17, 15) is 0 Å². The van der Waals surface area contributed by atoms with Crippen molar-refractivity contribution in [3.8, 4) is 0 Å². The van der Waals surface area contributed by atoms with Crippen molar-refractivity contribution in [2.24, 2.45) is 0 Å². The number of furan rings is 1. The lowest BCUT2D eigenvalue weighted by molar-refractivity contribution is 0.615. The van der Waals surface area contributed by atoms with E-state index < -0.39 is 0 Å². The second-order valence-corrected chi connectivity index (χ2v) is 5.70. The fourth-order valence-corrected chi connectivity index (χ4v) is 3.09. The van der Waals surface area contributed by atoms with Gasteiger partial charge in [-0.1, -0.05) is 11.6 Å². The summed E-state index contributed by atoms with van der Waals surface area (Å²) >= 11 is 0. The molecule has 5 nitrogen and oxygen atoms in total. The highest BCUT2D eigenvalue weighted by Gasteiger charge is 2.25. The molecule has 5 heteroatoms. The van der Waals surface area contributed by atoms with E-state index in [4.69, 9.17) is 4.42 Å². The largest absolute Gasteiger partial charge is 0.450 e. The van der Waals surface area contributed by atoms with Gasteiger partial charge in [0, 0.05) is 24.5 Å². The van der Waals surface area contributed by atoms with Crippen molar-refractivity contribution in [1.82, 2.24) is 15.3 Å². The molecule has 108 valence electrons. The summed E-state index contributed by atoms with van der Waals surface area (Å²) in [6, 6.07) is 6.71. The number of anilines is 1. The SMILES string of the molecule is CN[C@H]1CCN(c2ncnc3c2oc2ccc(C)cc23)C1. The highest BCUT2D eigenvalue weighted by molar-refractivity contribution is 6.05. The number of fused-ring (bicyclic) bond motifs is 3. The third-order valence-electron chi connectivity index (χ3n) is 4.28. The molecule has 1 aliphatic rings. The molecule has 21 heavy (non-hydrogen) atoms. The van der Waals surface area contributed by atoms with Crippen LogP contribution < -0.4 is 10.2 Å². The molecule has 1 aliphatic heterocycles. The Morgan fingerprint density at radius 1 is 1.33 bits per heavy atom. The number of aromatic nitrogens is 2. The molecule has 1 fully saturated rings. The van der Waals surface area contributed by atoms with Crippen LogP contribution in [0.3, 0.4) is 0 Å². The molecule has 0 bridgehead atoms. The zero-order valence-corrected chi connectivity index (χ0v) is 12.3. The number of likely N-dealkylation sites (N-methyl/N-ethyl adjacent to an activating group) is 1. The first kappa shape index (κ1) is 12.6. The lowest BCUT2D eigenvalue weighted by atomic mass is 10.2. The molecule has 0 aliphatic carbocycles. The van der Waals surface area contributed by atoms with E-state index in [2.05, 4.69) is 39.2 Å². The van der Waals surface area contributed by atoms with Crippen molar-refractivity contribution in [2.45, 2.75) is 19.4 Å². The predicted octanol–water partition coefficient (Wildman–Crippen LogP) is 2.48. The van der Waals surface area contributed by atoms with Crippen LogP contribution in [0.4, 0.5) is 5.82 Å². The molecule has 4 rings (SSSR count). The maximum Gasteiger partial charge on any atom is 0.196 e. The first-order chi connectivity index (χ1) is 10.3. The van der Waals surface area contributed by atoms with Gasteiger partial charge in [0.05, 0.1) is 0 Å². The Balaban J connectivity index is 1.88. The summed E-state index contributed by atoms with van der Waals surface area (Å²) in [5.74, 6) is 0.909. The number of rotatable bonds is 2. The summed E-state index contributed by atoms with van der Waals surface area (Å²) in [6.07, 6.45) is 2.77. The molecule has 0 saturated carbocycles. The van der Waals surface area contributed by atoms with Crippen LogP contribution in [0, 0.1) is 6.92 Å². The topological polar surface area (TPSA) is 54.2 Å². The van der Waals surface area contributed by atoms with Crippen LogP contribution in [0.15, 0.2) is 28.9 Å². The summed E-state index contributed by atoms with van der Waals surface area (Å²) in [7, 11) is 2.01. The highest BCUT2D eigenvalue weighted by atomic mass is 16.3. The van der Waals surface area contributed by atoms with Crippen molar-refractivity contribution in [2.75, 3.05) is 25.0 Å². The van der Waals surface area contributed by atoms with Gasteiger partial charge in [0.25, 0.3) is 0 Å². The fourth-order valence-electron chi connectivity index (χ4n) is 3.09. The van der Waals surface area contributed by atoms with Crippen molar-refractivity contribution in [1.29, 1.82) is 0 Å². The van der Waals surface area contributed by atoms with Gasteiger partial charge in [-0.2, -0.15) is 0 Å². The molecule has 3 aromatic rings. The lowest BCUT2D eigenvalue weighted by Crippen LogP contribution is -2.29. The van der Waals surface area contributed by atoms with Crippen molar-refractivity contribution < 1.29 is 4.42 Å². The Morgan fingerprint density at radius 3 is 3.05 bits per heavy atom. The van der Waals surface area contributed by atoms with Crippen molar-refractivity contribution in [3.63, 3.8) is 0 Å². The molecule has 1 aromatic carbocycles. The van der Waals surface area contributed by atoms with Gasteiger partial charge in [-0.3, -0.25) is 0 Å². The molecule has 0 radical (unpaired) electrons. The minimum absolute atomic E-state index is 0.515. The normalized spacial score (nSPS) is 19.0. The van der Waals surface area contributed by atoms with E-state index in [1.165, 1.54) is 5.56 Å². The van der Waals surface area contributed by atoms with E-state index in [1.54, 1.807) is 6.33 Å². The summed E-state index contributed by atoms with van der Waals surface area (Å²) in [5, 5.41) is 4.40. The third-order valence-corrected chi connectivity index (χ3v) is 4.28. The van der Waals surface area contributed by atoms with E-state index in [-0.39, 0.29) is 0 Å². The summed E-state index contributed by atoms with van der Waals surface area (Å²) in [4.78, 5) is 11.2. The van der Waals surface area contributed by atoms with Crippen LogP contribution in [-0.2, 0) is 0 Å². The zero-order valence-electron chi connectivity index (χ0n) is 12.3. The van der Waals surface area contributed by atoms with Crippen LogP contribution in [-0.4, -0.2) is 36.1 Å². The van der Waals surface area contributed by atoms with Crippen molar-refractivity contribution >= 4 is 27.9 Å². The molecule has 0 spiro atoms. The van der Waals surface area contributed by atoms with Gasteiger partial charge in [-0.25, -0.2) is 9.97 Å². The molecule has 1 atom stereocenters. The van der Waals surface area contributed by atoms with Crippen LogP contribution in [0.1, 0.15) is 12.0 Å². The monoisotopic (exact) mass is 282 g/mol. The average molecular weight is 282 g/mol. The first-order valence-corrected chi connectivity index (χ1v) is 7.32. The van der Waals surface area contributed by atoms with Gasteiger partial charge in [0.15, 0.2) is 11.4 Å². The maximum atomic E-state index is 6.03. The van der Waals surface area contributed by atoms with Gasteiger partial charge in [0.2, 0.25) is 0 Å². The fraction of sp³-hybridized carbons (Fsp3) is 0.375. The van der Waals surface area contributed by atoms with Crippen LogP contribution in [0.2, 0.25) is 0 Å². The number of benzene rings is 1. The molecule has 1 saturated heterocycles. The summed E-state index contributed by atoms with van der Waals surface area (Å²) in [5.41, 5.74) is 3.80.